The van der Waals surface area contributed by atoms with Crippen molar-refractivity contribution in [1.29, 1.82) is 0 Å². The van der Waals surface area contributed by atoms with Gasteiger partial charge in [0.1, 0.15) is 6.04 Å². The quantitative estimate of drug-likeness (QED) is 0.358. The Bertz CT molecular complexity index is 1630. The molecule has 4 atom stereocenters. The molecule has 42 heavy (non-hydrogen) atoms. The fourth-order valence-electron chi connectivity index (χ4n) is 5.39. The van der Waals surface area contributed by atoms with Gasteiger partial charge in [0.2, 0.25) is 0 Å². The summed E-state index contributed by atoms with van der Waals surface area (Å²) in [4.78, 5) is 41.9. The summed E-state index contributed by atoms with van der Waals surface area (Å²) in [5.41, 5.74) is -1.75. The molecule has 3 amide bonds. The molecule has 1 unspecified atom stereocenters. The Morgan fingerprint density at radius 3 is 2.38 bits per heavy atom. The highest BCUT2D eigenvalue weighted by Crippen LogP contribution is 2.53. The van der Waals surface area contributed by atoms with Gasteiger partial charge >= 0.3 is 12.3 Å². The number of fused-ring (bicyclic) bond motifs is 1. The van der Waals surface area contributed by atoms with E-state index in [1.165, 1.54) is 30.1 Å². The summed E-state index contributed by atoms with van der Waals surface area (Å²) in [6, 6.07) is 2.47. The second-order valence-corrected chi connectivity index (χ2v) is 10.9. The maximum atomic E-state index is 13.7. The predicted octanol–water partition coefficient (Wildman–Crippen LogP) is 4.13. The molecule has 3 aliphatic rings. The summed E-state index contributed by atoms with van der Waals surface area (Å²) in [7, 11) is 1.30. The summed E-state index contributed by atoms with van der Waals surface area (Å²) < 4.78 is 69.7. The van der Waals surface area contributed by atoms with Crippen molar-refractivity contribution in [3.05, 3.63) is 52.7 Å². The number of nitrogens with one attached hydrogen (secondary N) is 2. The molecule has 1 saturated heterocycles. The SMILES string of the molecule is Cn1c(-c2cn([C@H]3CC3(F)F)nc2C(F)(F)F)cnc1C(=O)Nc1ccc(C(=O)NC2[C@H]3CN(C(=O)O)C[C@@H]23)c(Cl)c1. The number of imidazole rings is 1. The van der Waals surface area contributed by atoms with Crippen LogP contribution in [0.15, 0.2) is 30.6 Å². The van der Waals surface area contributed by atoms with Gasteiger partial charge in [-0.05, 0) is 18.2 Å². The normalized spacial score (nSPS) is 23.8. The van der Waals surface area contributed by atoms with Gasteiger partial charge in [0, 0.05) is 56.3 Å². The maximum Gasteiger partial charge on any atom is 0.435 e. The van der Waals surface area contributed by atoms with Crippen molar-refractivity contribution >= 4 is 35.2 Å². The van der Waals surface area contributed by atoms with E-state index in [1.807, 2.05) is 0 Å². The summed E-state index contributed by atoms with van der Waals surface area (Å²) >= 11 is 6.28. The third kappa shape index (κ3) is 4.82. The van der Waals surface area contributed by atoms with E-state index in [9.17, 15) is 36.3 Å². The topological polar surface area (TPSA) is 134 Å². The monoisotopic (exact) mass is 613 g/mol. The molecule has 0 bridgehead atoms. The molecule has 3 N–H and O–H groups in total. The summed E-state index contributed by atoms with van der Waals surface area (Å²) in [6.07, 6.45) is -4.69. The van der Waals surface area contributed by atoms with Crippen molar-refractivity contribution in [2.45, 2.75) is 30.6 Å². The van der Waals surface area contributed by atoms with Crippen LogP contribution in [0.1, 0.15) is 39.1 Å². The lowest BCUT2D eigenvalue weighted by molar-refractivity contribution is -0.141. The first-order valence-corrected chi connectivity index (χ1v) is 13.0. The zero-order chi connectivity index (χ0) is 30.3. The fraction of sp³-hybridized carbons (Fsp3) is 0.400. The summed E-state index contributed by atoms with van der Waals surface area (Å²) in [5, 5.41) is 17.8. The van der Waals surface area contributed by atoms with Crippen LogP contribution in [-0.2, 0) is 13.2 Å². The summed E-state index contributed by atoms with van der Waals surface area (Å²) in [6.45, 7) is 0.684. The predicted molar refractivity (Wildman–Crippen MR) is 135 cm³/mol. The van der Waals surface area contributed by atoms with Crippen molar-refractivity contribution in [3.63, 3.8) is 0 Å². The first-order chi connectivity index (χ1) is 19.7. The number of halogens is 6. The van der Waals surface area contributed by atoms with Gasteiger partial charge < -0.3 is 25.2 Å². The maximum absolute atomic E-state index is 13.7. The standard InChI is InChI=1S/C25H21ClF5N7O4/c1-36-16(14-9-38(17-5-24(17,27)28)35-19(14)25(29,30)31)6-32-20(36)22(40)33-10-2-3-11(15(26)4-10)21(39)34-18-12-7-37(23(41)42)8-13(12)18/h2-4,6,9,12-13,17-18H,5,7-8H2,1H3,(H,33,40)(H,34,39)(H,41,42)/t12-,13+,17-,18?/m0/s1. The van der Waals surface area contributed by atoms with Gasteiger partial charge in [0.15, 0.2) is 11.5 Å². The number of hydrogen-bond acceptors (Lipinski definition) is 5. The molecule has 6 rings (SSSR count). The van der Waals surface area contributed by atoms with Crippen LogP contribution in [0.5, 0.6) is 0 Å². The highest BCUT2D eigenvalue weighted by molar-refractivity contribution is 6.34. The molecule has 222 valence electrons. The first kappa shape index (κ1) is 27.9. The van der Waals surface area contributed by atoms with E-state index in [0.717, 1.165) is 17.0 Å². The average molecular weight is 614 g/mol. The fourth-order valence-corrected chi connectivity index (χ4v) is 5.66. The van der Waals surface area contributed by atoms with Crippen LogP contribution in [0.25, 0.3) is 11.3 Å². The van der Waals surface area contributed by atoms with E-state index in [2.05, 4.69) is 20.7 Å². The third-order valence-electron chi connectivity index (χ3n) is 7.81. The number of rotatable bonds is 6. The molecule has 2 aliphatic carbocycles. The number of carbonyl (C=O) groups excluding carboxylic acids is 2. The zero-order valence-electron chi connectivity index (χ0n) is 21.5. The third-order valence-corrected chi connectivity index (χ3v) is 8.13. The molecule has 2 saturated carbocycles. The number of alkyl halides is 5. The van der Waals surface area contributed by atoms with Crippen molar-refractivity contribution in [1.82, 2.24) is 29.5 Å². The molecule has 3 fully saturated rings. The minimum Gasteiger partial charge on any atom is -0.465 e. The van der Waals surface area contributed by atoms with E-state index in [0.29, 0.717) is 17.8 Å². The Morgan fingerprint density at radius 1 is 1.14 bits per heavy atom. The number of piperidine rings is 1. The number of aromatic nitrogens is 4. The highest BCUT2D eigenvalue weighted by atomic mass is 35.5. The zero-order valence-corrected chi connectivity index (χ0v) is 22.2. The van der Waals surface area contributed by atoms with Gasteiger partial charge in [0.05, 0.1) is 28.0 Å². The Balaban J connectivity index is 1.15. The number of nitrogens with zero attached hydrogens (tertiary/aromatic N) is 5. The lowest BCUT2D eigenvalue weighted by Crippen LogP contribution is -2.36. The van der Waals surface area contributed by atoms with Crippen molar-refractivity contribution < 1.29 is 41.4 Å². The van der Waals surface area contributed by atoms with Gasteiger partial charge in [-0.25, -0.2) is 18.6 Å². The van der Waals surface area contributed by atoms with E-state index < -0.39 is 53.7 Å². The van der Waals surface area contributed by atoms with Crippen LogP contribution in [0.4, 0.5) is 32.4 Å². The molecule has 3 heterocycles. The Morgan fingerprint density at radius 2 is 1.81 bits per heavy atom. The average Bonchev–Trinajstić information content (AvgIpc) is 3.42. The Hall–Kier alpha value is -4.21. The van der Waals surface area contributed by atoms with Gasteiger partial charge in [-0.1, -0.05) is 11.6 Å². The molecule has 2 aromatic heterocycles. The van der Waals surface area contributed by atoms with Crippen LogP contribution in [0, 0.1) is 11.8 Å². The lowest BCUT2D eigenvalue weighted by atomic mass is 10.2. The number of hydrogen-bond donors (Lipinski definition) is 3. The number of likely N-dealkylation sites (tertiary alicyclic amines) is 1. The number of carbonyl (C=O) groups is 3. The molecule has 11 nitrogen and oxygen atoms in total. The molecule has 3 aromatic rings. The number of carboxylic acid groups (broad SMARTS) is 1. The first-order valence-electron chi connectivity index (χ1n) is 12.6. The van der Waals surface area contributed by atoms with Crippen LogP contribution in [0.2, 0.25) is 5.02 Å². The van der Waals surface area contributed by atoms with Crippen molar-refractivity contribution in [2.75, 3.05) is 18.4 Å². The Labute approximate surface area is 238 Å². The van der Waals surface area contributed by atoms with E-state index >= 15 is 0 Å². The smallest absolute Gasteiger partial charge is 0.435 e. The molecule has 1 aromatic carbocycles. The molecule has 0 radical (unpaired) electrons. The number of amides is 3. The van der Waals surface area contributed by atoms with E-state index in [-0.39, 0.29) is 45.7 Å². The van der Waals surface area contributed by atoms with Crippen LogP contribution < -0.4 is 10.6 Å². The van der Waals surface area contributed by atoms with Crippen LogP contribution >= 0.6 is 11.6 Å². The van der Waals surface area contributed by atoms with Gasteiger partial charge in [0.25, 0.3) is 17.7 Å². The van der Waals surface area contributed by atoms with Gasteiger partial charge in [-0.15, -0.1) is 0 Å². The lowest BCUT2D eigenvalue weighted by Gasteiger charge is -2.16. The van der Waals surface area contributed by atoms with E-state index in [1.54, 1.807) is 0 Å². The number of anilines is 1. The largest absolute Gasteiger partial charge is 0.465 e. The molecular formula is C25H21ClF5N7O4. The molecular weight excluding hydrogens is 593 g/mol. The van der Waals surface area contributed by atoms with E-state index in [4.69, 9.17) is 16.7 Å². The molecule has 17 heteroatoms. The number of benzene rings is 1. The van der Waals surface area contributed by atoms with Crippen molar-refractivity contribution in [2.24, 2.45) is 18.9 Å². The van der Waals surface area contributed by atoms with Crippen LogP contribution in [0.3, 0.4) is 0 Å². The van der Waals surface area contributed by atoms with Crippen molar-refractivity contribution in [3.8, 4) is 11.3 Å². The highest BCUT2D eigenvalue weighted by Gasteiger charge is 2.60. The molecule has 0 spiro atoms. The minimum atomic E-state index is -4.95. The van der Waals surface area contributed by atoms with Gasteiger partial charge in [-0.2, -0.15) is 18.3 Å². The Kier molecular flexibility index (Phi) is 6.25. The minimum absolute atomic E-state index is 0.0166. The van der Waals surface area contributed by atoms with Crippen LogP contribution in [-0.4, -0.2) is 72.3 Å². The molecule has 1 aliphatic heterocycles. The second-order valence-electron chi connectivity index (χ2n) is 10.5. The van der Waals surface area contributed by atoms with Gasteiger partial charge in [-0.3, -0.25) is 14.3 Å². The summed E-state index contributed by atoms with van der Waals surface area (Å²) in [5.74, 6) is -4.61. The second kappa shape index (κ2) is 9.40.